The fourth-order valence-electron chi connectivity index (χ4n) is 5.07. The van der Waals surface area contributed by atoms with Crippen molar-refractivity contribution in [2.45, 2.75) is 51.8 Å². The third-order valence-corrected chi connectivity index (χ3v) is 7.13. The first kappa shape index (κ1) is 29.1. The first-order valence-electron chi connectivity index (χ1n) is 13.9. The maximum absolute atomic E-state index is 13.6. The Morgan fingerprint density at radius 2 is 1.90 bits per heavy atom. The number of aliphatic hydroxyl groups excluding tert-OH is 1. The number of anilines is 2. The summed E-state index contributed by atoms with van der Waals surface area (Å²) in [7, 11) is 1.64. The molecule has 3 aromatic carbocycles. The summed E-state index contributed by atoms with van der Waals surface area (Å²) >= 11 is 0. The van der Waals surface area contributed by atoms with E-state index < -0.39 is 12.1 Å². The summed E-state index contributed by atoms with van der Waals surface area (Å²) in [6, 6.07) is 20.7. The highest BCUT2D eigenvalue weighted by Gasteiger charge is 2.26. The van der Waals surface area contributed by atoms with E-state index in [2.05, 4.69) is 22.0 Å². The number of nitrogens with one attached hydrogen (secondary N) is 3. The zero-order chi connectivity index (χ0) is 28.5. The minimum atomic E-state index is -0.850. The summed E-state index contributed by atoms with van der Waals surface area (Å²) in [6.07, 6.45) is 0.933. The van der Waals surface area contributed by atoms with Crippen LogP contribution in [-0.2, 0) is 17.8 Å². The second-order valence-electron chi connectivity index (χ2n) is 10.2. The largest absolute Gasteiger partial charge is 0.496 e. The molecule has 1 heterocycles. The number of hydrogen-bond acceptors (Lipinski definition) is 6. The average molecular weight is 545 g/mol. The van der Waals surface area contributed by atoms with Gasteiger partial charge >= 0.3 is 0 Å². The highest BCUT2D eigenvalue weighted by atomic mass is 16.5. The highest BCUT2D eigenvalue weighted by Crippen LogP contribution is 2.27. The predicted molar refractivity (Wildman–Crippen MR) is 159 cm³/mol. The van der Waals surface area contributed by atoms with Gasteiger partial charge in [-0.1, -0.05) is 48.0 Å². The Hall–Kier alpha value is -3.88. The predicted octanol–water partition coefficient (Wildman–Crippen LogP) is 4.05. The first-order chi connectivity index (χ1) is 19.4. The molecule has 8 nitrogen and oxygen atoms in total. The monoisotopic (exact) mass is 544 g/mol. The topological polar surface area (TPSA) is 103 Å². The fourth-order valence-corrected chi connectivity index (χ4v) is 5.07. The number of benzene rings is 3. The summed E-state index contributed by atoms with van der Waals surface area (Å²) in [5.74, 6) is 0.552. The molecule has 40 heavy (non-hydrogen) atoms. The molecule has 0 bridgehead atoms. The zero-order valence-corrected chi connectivity index (χ0v) is 23.6. The van der Waals surface area contributed by atoms with Gasteiger partial charge in [-0.25, -0.2) is 0 Å². The van der Waals surface area contributed by atoms with E-state index in [0.717, 1.165) is 34.5 Å². The molecule has 0 aromatic heterocycles. The first-order valence-corrected chi connectivity index (χ1v) is 13.9. The van der Waals surface area contributed by atoms with Gasteiger partial charge in [-0.15, -0.1) is 0 Å². The fraction of sp³-hybridized carbons (Fsp3) is 0.375. The lowest BCUT2D eigenvalue weighted by molar-refractivity contribution is -0.117. The van der Waals surface area contributed by atoms with Crippen molar-refractivity contribution in [3.63, 3.8) is 0 Å². The molecule has 0 unspecified atom stereocenters. The quantitative estimate of drug-likeness (QED) is 0.259. The highest BCUT2D eigenvalue weighted by molar-refractivity contribution is 6.00. The summed E-state index contributed by atoms with van der Waals surface area (Å²) in [5, 5.41) is 20.9. The molecule has 2 amide bonds. The van der Waals surface area contributed by atoms with Gasteiger partial charge in [-0.3, -0.25) is 9.59 Å². The summed E-state index contributed by atoms with van der Waals surface area (Å²) in [6.45, 7) is 6.14. The SMILES string of the molecule is CCNc1cc(C(=O)N[C@@H](Cc2ccccc2)[C@@H](O)CNCc2cc(C)ccc2OC)cc(N2CCCC2=O)c1. The Morgan fingerprint density at radius 1 is 1.10 bits per heavy atom. The molecule has 1 aliphatic heterocycles. The van der Waals surface area contributed by atoms with Gasteiger partial charge in [-0.2, -0.15) is 0 Å². The van der Waals surface area contributed by atoms with Gasteiger partial charge in [0.05, 0.1) is 19.3 Å². The maximum Gasteiger partial charge on any atom is 0.251 e. The van der Waals surface area contributed by atoms with Crippen LogP contribution in [0.5, 0.6) is 5.75 Å². The van der Waals surface area contributed by atoms with Crippen LogP contribution in [0.1, 0.15) is 46.8 Å². The van der Waals surface area contributed by atoms with Crippen LogP contribution in [0, 0.1) is 6.92 Å². The molecule has 0 radical (unpaired) electrons. The molecule has 1 saturated heterocycles. The number of nitrogens with zero attached hydrogens (tertiary/aromatic N) is 1. The van der Waals surface area contributed by atoms with Gasteiger partial charge in [0.15, 0.2) is 0 Å². The Morgan fingerprint density at radius 3 is 2.60 bits per heavy atom. The summed E-state index contributed by atoms with van der Waals surface area (Å²) in [4.78, 5) is 27.7. The lowest BCUT2D eigenvalue weighted by Gasteiger charge is -2.26. The molecule has 0 aliphatic carbocycles. The Balaban J connectivity index is 1.51. The van der Waals surface area contributed by atoms with E-state index in [1.165, 1.54) is 0 Å². The number of methoxy groups -OCH3 is 1. The number of amides is 2. The third-order valence-electron chi connectivity index (χ3n) is 7.13. The second-order valence-corrected chi connectivity index (χ2v) is 10.2. The standard InChI is InChI=1S/C32H40N4O4/c1-4-34-26-17-24(18-27(19-26)36-14-8-11-31(36)38)32(39)35-28(16-23-9-6-5-7-10-23)29(37)21-33-20-25-15-22(2)12-13-30(25)40-3/h5-7,9-10,12-13,15,17-19,28-29,33-34,37H,4,8,11,14,16,20-21H2,1-3H3,(H,35,39)/t28-,29-/m0/s1. The van der Waals surface area contributed by atoms with Gasteiger partial charge in [0.1, 0.15) is 5.75 Å². The molecule has 8 heteroatoms. The van der Waals surface area contributed by atoms with Crippen LogP contribution in [0.3, 0.4) is 0 Å². The molecular weight excluding hydrogens is 504 g/mol. The second kappa shape index (κ2) is 14.0. The van der Waals surface area contributed by atoms with E-state index in [4.69, 9.17) is 4.74 Å². The normalized spacial score (nSPS) is 14.6. The van der Waals surface area contributed by atoms with Crippen LogP contribution >= 0.6 is 0 Å². The van der Waals surface area contributed by atoms with Crippen molar-refractivity contribution >= 4 is 23.2 Å². The maximum atomic E-state index is 13.6. The number of ether oxygens (including phenoxy) is 1. The Bertz CT molecular complexity index is 1300. The Labute approximate surface area is 236 Å². The van der Waals surface area contributed by atoms with Crippen molar-refractivity contribution in [3.05, 3.63) is 89.0 Å². The molecule has 3 aromatic rings. The summed E-state index contributed by atoms with van der Waals surface area (Å²) in [5.41, 5.74) is 5.07. The molecule has 4 rings (SSSR count). The lowest BCUT2D eigenvalue weighted by Crippen LogP contribution is -2.48. The third kappa shape index (κ3) is 7.61. The van der Waals surface area contributed by atoms with Gasteiger partial charge in [0.25, 0.3) is 5.91 Å². The van der Waals surface area contributed by atoms with E-state index >= 15 is 0 Å². The molecule has 0 spiro atoms. The van der Waals surface area contributed by atoms with Crippen molar-refractivity contribution < 1.29 is 19.4 Å². The zero-order valence-electron chi connectivity index (χ0n) is 23.6. The molecule has 2 atom stereocenters. The molecule has 212 valence electrons. The van der Waals surface area contributed by atoms with Gasteiger partial charge in [0, 0.05) is 55.1 Å². The van der Waals surface area contributed by atoms with Crippen molar-refractivity contribution in [1.29, 1.82) is 0 Å². The number of carbonyl (C=O) groups is 2. The minimum absolute atomic E-state index is 0.0636. The van der Waals surface area contributed by atoms with Crippen molar-refractivity contribution in [1.82, 2.24) is 10.6 Å². The number of aliphatic hydroxyl groups is 1. The smallest absolute Gasteiger partial charge is 0.251 e. The van der Waals surface area contributed by atoms with Gasteiger partial charge in [0.2, 0.25) is 5.91 Å². The number of hydrogen-bond donors (Lipinski definition) is 4. The van der Waals surface area contributed by atoms with E-state index in [0.29, 0.717) is 43.7 Å². The van der Waals surface area contributed by atoms with Gasteiger partial charge < -0.3 is 30.7 Å². The molecule has 1 fully saturated rings. The van der Waals surface area contributed by atoms with E-state index in [1.807, 2.05) is 62.4 Å². The van der Waals surface area contributed by atoms with Crippen LogP contribution in [0.15, 0.2) is 66.7 Å². The molecular formula is C32H40N4O4. The van der Waals surface area contributed by atoms with Crippen LogP contribution < -0.4 is 25.6 Å². The number of carbonyl (C=O) groups excluding carboxylic acids is 2. The average Bonchev–Trinajstić information content (AvgIpc) is 3.39. The summed E-state index contributed by atoms with van der Waals surface area (Å²) < 4.78 is 5.48. The van der Waals surface area contributed by atoms with E-state index in [-0.39, 0.29) is 18.4 Å². The minimum Gasteiger partial charge on any atom is -0.496 e. The van der Waals surface area contributed by atoms with Crippen LogP contribution in [0.4, 0.5) is 11.4 Å². The van der Waals surface area contributed by atoms with Crippen LogP contribution in [-0.4, -0.2) is 55.8 Å². The van der Waals surface area contributed by atoms with Crippen molar-refractivity contribution in [2.75, 3.05) is 37.0 Å². The van der Waals surface area contributed by atoms with Crippen molar-refractivity contribution in [3.8, 4) is 5.75 Å². The molecule has 1 aliphatic rings. The lowest BCUT2D eigenvalue weighted by atomic mass is 10.00. The van der Waals surface area contributed by atoms with Crippen LogP contribution in [0.25, 0.3) is 0 Å². The molecule has 4 N–H and O–H groups in total. The number of rotatable bonds is 13. The van der Waals surface area contributed by atoms with E-state index in [1.54, 1.807) is 24.1 Å². The number of aryl methyl sites for hydroxylation is 1. The van der Waals surface area contributed by atoms with Crippen molar-refractivity contribution in [2.24, 2.45) is 0 Å². The van der Waals surface area contributed by atoms with Crippen LogP contribution in [0.2, 0.25) is 0 Å². The van der Waals surface area contributed by atoms with E-state index in [9.17, 15) is 14.7 Å². The molecule has 0 saturated carbocycles. The van der Waals surface area contributed by atoms with Gasteiger partial charge in [-0.05, 0) is 56.5 Å². The Kier molecular flexibility index (Phi) is 10.2.